The Morgan fingerprint density at radius 2 is 0.919 bits per heavy atom. The molecule has 0 radical (unpaired) electrons. The van der Waals surface area contributed by atoms with Gasteiger partial charge in [-0.3, -0.25) is 0 Å². The molecule has 1 heterocycles. The van der Waals surface area contributed by atoms with Gasteiger partial charge in [-0.1, -0.05) is 0 Å². The lowest BCUT2D eigenvalue weighted by molar-refractivity contribution is 0.201. The van der Waals surface area contributed by atoms with Gasteiger partial charge in [0, 0.05) is 18.2 Å². The van der Waals surface area contributed by atoms with Crippen molar-refractivity contribution in [1.29, 1.82) is 0 Å². The first-order chi connectivity index (χ1) is 17.9. The number of rotatable bonds is 10. The van der Waals surface area contributed by atoms with E-state index in [1.807, 2.05) is 0 Å². The largest absolute Gasteiger partial charge is 0.507 e. The average molecular weight is 507 g/mol. The number of benzene rings is 3. The summed E-state index contributed by atoms with van der Waals surface area (Å²) in [6.45, 7) is -0.234. The lowest BCUT2D eigenvalue weighted by atomic mass is 10.1. The maximum Gasteiger partial charge on any atom is 0.167 e. The van der Waals surface area contributed by atoms with E-state index >= 15 is 0 Å². The van der Waals surface area contributed by atoms with Crippen LogP contribution in [0.2, 0.25) is 0 Å². The van der Waals surface area contributed by atoms with E-state index in [2.05, 4.69) is 15.0 Å². The van der Waals surface area contributed by atoms with Crippen LogP contribution in [0.4, 0.5) is 0 Å². The second kappa shape index (κ2) is 11.4. The molecule has 4 aromatic rings. The van der Waals surface area contributed by atoms with E-state index in [0.29, 0.717) is 17.2 Å². The minimum atomic E-state index is -0.186. The molecule has 0 aliphatic heterocycles. The van der Waals surface area contributed by atoms with Gasteiger partial charge in [0.15, 0.2) is 17.5 Å². The highest BCUT2D eigenvalue weighted by molar-refractivity contribution is 5.74. The molecule has 0 amide bonds. The van der Waals surface area contributed by atoms with Gasteiger partial charge in [-0.2, -0.15) is 0 Å². The zero-order valence-corrected chi connectivity index (χ0v) is 19.8. The fourth-order valence-electron chi connectivity index (χ4n) is 3.47. The molecular weight excluding hydrogens is 482 g/mol. The Morgan fingerprint density at radius 3 is 1.24 bits per heavy atom. The Hall–Kier alpha value is -4.61. The minimum Gasteiger partial charge on any atom is -0.507 e. The molecule has 5 N–H and O–H groups in total. The molecule has 11 nitrogen and oxygen atoms in total. The average Bonchev–Trinajstić information content (AvgIpc) is 2.90. The van der Waals surface area contributed by atoms with Crippen LogP contribution in [0, 0.1) is 0 Å². The van der Waals surface area contributed by atoms with Gasteiger partial charge in [0.1, 0.15) is 47.7 Å². The third-order valence-electron chi connectivity index (χ3n) is 5.22. The smallest absolute Gasteiger partial charge is 0.167 e. The summed E-state index contributed by atoms with van der Waals surface area (Å²) < 4.78 is 15.8. The number of aromatic nitrogens is 3. The number of nitrogens with zero attached hydrogens (tertiary/aromatic N) is 3. The Bertz CT molecular complexity index is 1320. The van der Waals surface area contributed by atoms with Crippen molar-refractivity contribution in [1.82, 2.24) is 15.0 Å². The van der Waals surface area contributed by atoms with E-state index in [0.717, 1.165) is 0 Å². The highest BCUT2D eigenvalue weighted by Crippen LogP contribution is 2.37. The third-order valence-corrected chi connectivity index (χ3v) is 5.22. The number of aliphatic hydroxyl groups is 2. The quantitative estimate of drug-likeness (QED) is 0.214. The molecule has 0 spiro atoms. The molecule has 0 bridgehead atoms. The van der Waals surface area contributed by atoms with Crippen LogP contribution in [0.15, 0.2) is 54.6 Å². The molecule has 0 atom stereocenters. The molecule has 3 aromatic carbocycles. The fraction of sp³-hybridized carbons (Fsp3) is 0.192. The highest BCUT2D eigenvalue weighted by Gasteiger charge is 2.19. The van der Waals surface area contributed by atoms with E-state index in [1.54, 1.807) is 36.4 Å². The van der Waals surface area contributed by atoms with Crippen molar-refractivity contribution in [2.45, 2.75) is 0 Å². The SMILES string of the molecule is COc1ccc(-c2nc(-c3ccc(OCCO)cc3O)nc(-c3ccc(OCCO)cc3O)n2)c(O)c1. The van der Waals surface area contributed by atoms with Crippen molar-refractivity contribution < 1.29 is 39.7 Å². The van der Waals surface area contributed by atoms with Gasteiger partial charge in [0.25, 0.3) is 0 Å². The molecule has 1 aromatic heterocycles. The maximum absolute atomic E-state index is 10.7. The Balaban J connectivity index is 1.85. The summed E-state index contributed by atoms with van der Waals surface area (Å²) in [5.41, 5.74) is 0.767. The fourth-order valence-corrected chi connectivity index (χ4v) is 3.47. The van der Waals surface area contributed by atoms with Crippen LogP contribution >= 0.6 is 0 Å². The Morgan fingerprint density at radius 1 is 0.568 bits per heavy atom. The summed E-state index contributed by atoms with van der Waals surface area (Å²) in [5.74, 6) is 0.828. The van der Waals surface area contributed by atoms with Crippen molar-refractivity contribution in [3.63, 3.8) is 0 Å². The lowest BCUT2D eigenvalue weighted by Gasteiger charge is -2.13. The first-order valence-electron chi connectivity index (χ1n) is 11.2. The summed E-state index contributed by atoms with van der Waals surface area (Å²) in [4.78, 5) is 13.4. The van der Waals surface area contributed by atoms with Gasteiger partial charge in [-0.25, -0.2) is 15.0 Å². The normalized spacial score (nSPS) is 10.8. The van der Waals surface area contributed by atoms with Crippen LogP contribution in [0.5, 0.6) is 34.5 Å². The molecule has 192 valence electrons. The number of ether oxygens (including phenoxy) is 3. The summed E-state index contributed by atoms with van der Waals surface area (Å²) in [6.07, 6.45) is 0. The second-order valence-corrected chi connectivity index (χ2v) is 7.69. The van der Waals surface area contributed by atoms with Crippen molar-refractivity contribution in [3.05, 3.63) is 54.6 Å². The second-order valence-electron chi connectivity index (χ2n) is 7.69. The summed E-state index contributed by atoms with van der Waals surface area (Å²) >= 11 is 0. The van der Waals surface area contributed by atoms with Gasteiger partial charge < -0.3 is 39.7 Å². The Kier molecular flexibility index (Phi) is 7.86. The standard InChI is InChI=1S/C26H25N3O8/c1-35-15-2-5-18(21(32)12-15)24-27-25(19-6-3-16(13-22(19)33)36-10-8-30)29-26(28-24)20-7-4-17(14-23(20)34)37-11-9-31/h2-7,12-14,30-34H,8-11H2,1H3. The molecule has 0 fully saturated rings. The van der Waals surface area contributed by atoms with E-state index in [1.165, 1.54) is 25.3 Å². The number of aromatic hydroxyl groups is 3. The van der Waals surface area contributed by atoms with Crippen molar-refractivity contribution in [2.75, 3.05) is 33.5 Å². The molecule has 0 aliphatic carbocycles. The van der Waals surface area contributed by atoms with Crippen LogP contribution in [-0.4, -0.2) is 74.0 Å². The third kappa shape index (κ3) is 5.80. The molecule has 0 aliphatic rings. The molecule has 0 saturated heterocycles. The monoisotopic (exact) mass is 507 g/mol. The van der Waals surface area contributed by atoms with Crippen LogP contribution in [0.3, 0.4) is 0 Å². The van der Waals surface area contributed by atoms with Gasteiger partial charge >= 0.3 is 0 Å². The molecule has 11 heteroatoms. The zero-order chi connectivity index (χ0) is 26.4. The van der Waals surface area contributed by atoms with Crippen LogP contribution in [-0.2, 0) is 0 Å². The number of hydrogen-bond donors (Lipinski definition) is 5. The zero-order valence-electron chi connectivity index (χ0n) is 19.8. The first-order valence-corrected chi connectivity index (χ1v) is 11.2. The number of hydrogen-bond acceptors (Lipinski definition) is 11. The first kappa shape index (κ1) is 25.5. The summed E-state index contributed by atoms with van der Waals surface area (Å²) in [5, 5.41) is 49.9. The van der Waals surface area contributed by atoms with Gasteiger partial charge in [0.2, 0.25) is 0 Å². The number of aliphatic hydroxyl groups excluding tert-OH is 2. The Labute approximate surface area is 211 Å². The van der Waals surface area contributed by atoms with E-state index in [9.17, 15) is 15.3 Å². The van der Waals surface area contributed by atoms with Crippen molar-refractivity contribution in [2.24, 2.45) is 0 Å². The van der Waals surface area contributed by atoms with Crippen LogP contribution in [0.1, 0.15) is 0 Å². The molecule has 0 saturated carbocycles. The predicted molar refractivity (Wildman–Crippen MR) is 133 cm³/mol. The van der Waals surface area contributed by atoms with E-state index < -0.39 is 0 Å². The number of methoxy groups -OCH3 is 1. The number of phenols is 3. The molecule has 0 unspecified atom stereocenters. The van der Waals surface area contributed by atoms with Crippen molar-refractivity contribution in [3.8, 4) is 68.7 Å². The topological polar surface area (TPSA) is 168 Å². The molecule has 37 heavy (non-hydrogen) atoms. The summed E-state index contributed by atoms with van der Waals surface area (Å²) in [6, 6.07) is 13.6. The van der Waals surface area contributed by atoms with Gasteiger partial charge in [-0.15, -0.1) is 0 Å². The maximum atomic E-state index is 10.7. The molecular formula is C26H25N3O8. The van der Waals surface area contributed by atoms with Crippen molar-refractivity contribution >= 4 is 0 Å². The van der Waals surface area contributed by atoms with Gasteiger partial charge in [0.05, 0.1) is 37.0 Å². The minimum absolute atomic E-state index is 0.0624. The number of phenolic OH excluding ortho intramolecular Hbond substituents is 3. The molecule has 4 rings (SSSR count). The lowest BCUT2D eigenvalue weighted by Crippen LogP contribution is -2.03. The van der Waals surface area contributed by atoms with E-state index in [-0.39, 0.29) is 77.8 Å². The van der Waals surface area contributed by atoms with Gasteiger partial charge in [-0.05, 0) is 36.4 Å². The predicted octanol–water partition coefficient (Wildman–Crippen LogP) is 2.74. The summed E-state index contributed by atoms with van der Waals surface area (Å²) in [7, 11) is 1.47. The van der Waals surface area contributed by atoms with Crippen LogP contribution in [0.25, 0.3) is 34.2 Å². The van der Waals surface area contributed by atoms with Crippen LogP contribution < -0.4 is 14.2 Å². The van der Waals surface area contributed by atoms with E-state index in [4.69, 9.17) is 24.4 Å². The highest BCUT2D eigenvalue weighted by atomic mass is 16.5.